The Balaban J connectivity index is 1.56. The minimum Gasteiger partial charge on any atom is -0.339 e. The van der Waals surface area contributed by atoms with Crippen LogP contribution < -0.4 is 0 Å². The number of nitrogens with zero attached hydrogens (tertiary/aromatic N) is 5. The van der Waals surface area contributed by atoms with Gasteiger partial charge >= 0.3 is 0 Å². The molecule has 1 saturated carbocycles. The van der Waals surface area contributed by atoms with Gasteiger partial charge in [-0.3, -0.25) is 9.59 Å². The van der Waals surface area contributed by atoms with Crippen LogP contribution in [0.25, 0.3) is 0 Å². The quantitative estimate of drug-likeness (QED) is 0.718. The molecule has 0 bridgehead atoms. The maximum Gasteiger partial charge on any atom is 0.295 e. The number of nitrogens with one attached hydrogen (secondary N) is 1. The van der Waals surface area contributed by atoms with Crippen molar-refractivity contribution in [2.24, 2.45) is 5.92 Å². The van der Waals surface area contributed by atoms with Crippen LogP contribution >= 0.6 is 0 Å². The fourth-order valence-electron chi connectivity index (χ4n) is 2.11. The number of tetrazole rings is 1. The topological polar surface area (TPSA) is 95.1 Å². The molecule has 1 aromatic rings. The normalized spacial score (nSPS) is 20.0. The van der Waals surface area contributed by atoms with E-state index < -0.39 is 0 Å². The minimum absolute atomic E-state index is 0.0805. The maximum atomic E-state index is 11.9. The molecule has 1 aliphatic carbocycles. The third-order valence-electron chi connectivity index (χ3n) is 3.34. The highest BCUT2D eigenvalue weighted by Gasteiger charge is 2.35. The first kappa shape index (κ1) is 11.1. The molecule has 18 heavy (non-hydrogen) atoms. The molecular formula is C10H14N6O2. The molecular weight excluding hydrogens is 236 g/mol. The van der Waals surface area contributed by atoms with Gasteiger partial charge in [0.15, 0.2) is 0 Å². The van der Waals surface area contributed by atoms with Crippen molar-refractivity contribution in [2.45, 2.75) is 12.8 Å². The van der Waals surface area contributed by atoms with Crippen LogP contribution in [0.3, 0.4) is 0 Å². The SMILES string of the molecule is O=C(c1nn[nH]n1)N1CCN(C(=O)C2CC2)CC1. The summed E-state index contributed by atoms with van der Waals surface area (Å²) in [7, 11) is 0. The Morgan fingerprint density at radius 2 is 1.78 bits per heavy atom. The molecule has 1 aromatic heterocycles. The second-order valence-electron chi connectivity index (χ2n) is 4.63. The molecule has 2 aliphatic rings. The van der Waals surface area contributed by atoms with Gasteiger partial charge in [-0.15, -0.1) is 10.2 Å². The van der Waals surface area contributed by atoms with E-state index in [4.69, 9.17) is 0 Å². The first-order valence-electron chi connectivity index (χ1n) is 6.07. The molecule has 0 aromatic carbocycles. The van der Waals surface area contributed by atoms with Crippen LogP contribution in [0, 0.1) is 5.92 Å². The number of hydrogen-bond donors (Lipinski definition) is 1. The number of carbonyl (C=O) groups is 2. The van der Waals surface area contributed by atoms with E-state index in [0.717, 1.165) is 12.8 Å². The van der Waals surface area contributed by atoms with E-state index >= 15 is 0 Å². The molecule has 0 spiro atoms. The molecule has 3 rings (SSSR count). The summed E-state index contributed by atoms with van der Waals surface area (Å²) in [5, 5.41) is 13.0. The predicted octanol–water partition coefficient (Wildman–Crippen LogP) is -1.11. The van der Waals surface area contributed by atoms with Crippen molar-refractivity contribution >= 4 is 11.8 Å². The van der Waals surface area contributed by atoms with Gasteiger partial charge in [-0.1, -0.05) is 0 Å². The van der Waals surface area contributed by atoms with E-state index in [2.05, 4.69) is 20.6 Å². The van der Waals surface area contributed by atoms with E-state index in [9.17, 15) is 9.59 Å². The van der Waals surface area contributed by atoms with Crippen LogP contribution in [0.1, 0.15) is 23.5 Å². The average Bonchev–Trinajstić information content (AvgIpc) is 3.12. The third kappa shape index (κ3) is 2.05. The van der Waals surface area contributed by atoms with Gasteiger partial charge < -0.3 is 9.80 Å². The lowest BCUT2D eigenvalue weighted by Gasteiger charge is -2.34. The summed E-state index contributed by atoms with van der Waals surface area (Å²) in [6.45, 7) is 2.26. The lowest BCUT2D eigenvalue weighted by Crippen LogP contribution is -2.51. The zero-order valence-corrected chi connectivity index (χ0v) is 9.87. The smallest absolute Gasteiger partial charge is 0.295 e. The molecule has 1 saturated heterocycles. The van der Waals surface area contributed by atoms with Crippen molar-refractivity contribution in [3.8, 4) is 0 Å². The Morgan fingerprint density at radius 1 is 1.11 bits per heavy atom. The number of hydrogen-bond acceptors (Lipinski definition) is 5. The Kier molecular flexibility index (Phi) is 2.69. The molecule has 0 atom stereocenters. The number of aromatic nitrogens is 4. The average molecular weight is 250 g/mol. The molecule has 0 radical (unpaired) electrons. The molecule has 1 N–H and O–H groups in total. The first-order valence-corrected chi connectivity index (χ1v) is 6.07. The van der Waals surface area contributed by atoms with E-state index in [-0.39, 0.29) is 23.6 Å². The Bertz CT molecular complexity index is 447. The summed E-state index contributed by atoms with van der Waals surface area (Å²) in [6.07, 6.45) is 2.03. The fraction of sp³-hybridized carbons (Fsp3) is 0.700. The van der Waals surface area contributed by atoms with Gasteiger partial charge in [-0.2, -0.15) is 5.21 Å². The lowest BCUT2D eigenvalue weighted by atomic mass is 10.2. The maximum absolute atomic E-state index is 11.9. The lowest BCUT2D eigenvalue weighted by molar-refractivity contribution is -0.134. The molecule has 2 heterocycles. The van der Waals surface area contributed by atoms with Gasteiger partial charge in [0.25, 0.3) is 11.7 Å². The Hall–Kier alpha value is -1.99. The molecule has 8 nitrogen and oxygen atoms in total. The van der Waals surface area contributed by atoms with Gasteiger partial charge in [0.2, 0.25) is 5.91 Å². The number of carbonyl (C=O) groups excluding carboxylic acids is 2. The molecule has 8 heteroatoms. The largest absolute Gasteiger partial charge is 0.339 e. The Morgan fingerprint density at radius 3 is 2.33 bits per heavy atom. The van der Waals surface area contributed by atoms with Crippen molar-refractivity contribution in [1.82, 2.24) is 30.4 Å². The summed E-state index contributed by atoms with van der Waals surface area (Å²) >= 11 is 0. The van der Waals surface area contributed by atoms with Gasteiger partial charge in [-0.05, 0) is 18.1 Å². The zero-order chi connectivity index (χ0) is 12.5. The van der Waals surface area contributed by atoms with Crippen LogP contribution in [0.2, 0.25) is 0 Å². The summed E-state index contributed by atoms with van der Waals surface area (Å²) in [5.74, 6) is 0.324. The second kappa shape index (κ2) is 4.35. The van der Waals surface area contributed by atoms with Crippen molar-refractivity contribution in [3.63, 3.8) is 0 Å². The van der Waals surface area contributed by atoms with E-state index in [0.29, 0.717) is 26.2 Å². The number of rotatable bonds is 2. The summed E-state index contributed by atoms with van der Waals surface area (Å²) in [5.41, 5.74) is 0. The monoisotopic (exact) mass is 250 g/mol. The van der Waals surface area contributed by atoms with Gasteiger partial charge in [0.05, 0.1) is 0 Å². The van der Waals surface area contributed by atoms with Crippen molar-refractivity contribution < 1.29 is 9.59 Å². The second-order valence-corrected chi connectivity index (χ2v) is 4.63. The third-order valence-corrected chi connectivity index (χ3v) is 3.34. The summed E-state index contributed by atoms with van der Waals surface area (Å²) in [6, 6.07) is 0. The van der Waals surface area contributed by atoms with Crippen molar-refractivity contribution in [3.05, 3.63) is 5.82 Å². The first-order chi connectivity index (χ1) is 8.75. The van der Waals surface area contributed by atoms with E-state index in [1.54, 1.807) is 4.90 Å². The molecule has 0 unspecified atom stereocenters. The van der Waals surface area contributed by atoms with Gasteiger partial charge in [0, 0.05) is 32.1 Å². The van der Waals surface area contributed by atoms with Crippen LogP contribution in [0.5, 0.6) is 0 Å². The number of piperazine rings is 1. The molecule has 2 amide bonds. The van der Waals surface area contributed by atoms with Crippen LogP contribution in [-0.4, -0.2) is 68.4 Å². The van der Waals surface area contributed by atoms with Gasteiger partial charge in [-0.25, -0.2) is 0 Å². The number of amides is 2. The minimum atomic E-state index is -0.234. The number of H-pyrrole nitrogens is 1. The molecule has 2 fully saturated rings. The molecule has 96 valence electrons. The zero-order valence-electron chi connectivity index (χ0n) is 9.87. The highest BCUT2D eigenvalue weighted by molar-refractivity contribution is 5.90. The standard InChI is InChI=1S/C10H14N6O2/c17-9(7-1-2-7)15-3-5-16(6-4-15)10(18)8-11-13-14-12-8/h7H,1-6H2,(H,11,12,13,14). The highest BCUT2D eigenvalue weighted by Crippen LogP contribution is 2.31. The van der Waals surface area contributed by atoms with Crippen molar-refractivity contribution in [1.29, 1.82) is 0 Å². The highest BCUT2D eigenvalue weighted by atomic mass is 16.2. The summed E-state index contributed by atoms with van der Waals surface area (Å²) in [4.78, 5) is 27.3. The summed E-state index contributed by atoms with van der Waals surface area (Å²) < 4.78 is 0. The van der Waals surface area contributed by atoms with Crippen LogP contribution in [0.15, 0.2) is 0 Å². The fourth-order valence-corrected chi connectivity index (χ4v) is 2.11. The molecule has 1 aliphatic heterocycles. The van der Waals surface area contributed by atoms with Crippen LogP contribution in [-0.2, 0) is 4.79 Å². The Labute approximate surface area is 103 Å². The van der Waals surface area contributed by atoms with E-state index in [1.807, 2.05) is 4.90 Å². The van der Waals surface area contributed by atoms with Crippen molar-refractivity contribution in [2.75, 3.05) is 26.2 Å². The predicted molar refractivity (Wildman–Crippen MR) is 59.4 cm³/mol. The van der Waals surface area contributed by atoms with Crippen LogP contribution in [0.4, 0.5) is 0 Å². The van der Waals surface area contributed by atoms with E-state index in [1.165, 1.54) is 0 Å². The van der Waals surface area contributed by atoms with Gasteiger partial charge in [0.1, 0.15) is 0 Å². The number of aromatic amines is 1.